The predicted molar refractivity (Wildman–Crippen MR) is 60.0 cm³/mol. The molecule has 1 amide bonds. The highest BCUT2D eigenvalue weighted by Crippen LogP contribution is 2.12. The van der Waals surface area contributed by atoms with Crippen LogP contribution in [0.1, 0.15) is 11.6 Å². The fourth-order valence-corrected chi connectivity index (χ4v) is 1.32. The van der Waals surface area contributed by atoms with Gasteiger partial charge in [0, 0.05) is 6.54 Å². The summed E-state index contributed by atoms with van der Waals surface area (Å²) >= 11 is 0. The molecule has 1 rings (SSSR count). The maximum atomic E-state index is 11.0. The van der Waals surface area contributed by atoms with Crippen LogP contribution in [0.2, 0.25) is 0 Å². The zero-order valence-electron chi connectivity index (χ0n) is 9.04. The van der Waals surface area contributed by atoms with Gasteiger partial charge >= 0.3 is 5.97 Å². The number of benzene rings is 1. The minimum atomic E-state index is -1.40. The molecule has 0 saturated heterocycles. The molecule has 92 valence electrons. The lowest BCUT2D eigenvalue weighted by Crippen LogP contribution is -2.40. The van der Waals surface area contributed by atoms with Gasteiger partial charge in [-0.25, -0.2) is 0 Å². The Morgan fingerprint density at radius 1 is 1.29 bits per heavy atom. The van der Waals surface area contributed by atoms with E-state index in [1.807, 2.05) is 0 Å². The molecule has 17 heavy (non-hydrogen) atoms. The number of aliphatic hydroxyl groups is 1. The molecule has 6 heteroatoms. The van der Waals surface area contributed by atoms with Crippen molar-refractivity contribution in [1.29, 1.82) is 0 Å². The van der Waals surface area contributed by atoms with E-state index in [0.29, 0.717) is 5.56 Å². The second-order valence-electron chi connectivity index (χ2n) is 3.51. The number of nitrogens with one attached hydrogen (secondary N) is 1. The number of aliphatic hydroxyl groups excluding tert-OH is 1. The largest absolute Gasteiger partial charge is 0.480 e. The van der Waals surface area contributed by atoms with Gasteiger partial charge in [-0.05, 0) is 5.56 Å². The van der Waals surface area contributed by atoms with Crippen molar-refractivity contribution in [2.24, 2.45) is 5.73 Å². The average molecular weight is 238 g/mol. The molecule has 0 heterocycles. The van der Waals surface area contributed by atoms with Crippen molar-refractivity contribution in [2.75, 3.05) is 6.54 Å². The average Bonchev–Trinajstić information content (AvgIpc) is 2.29. The smallest absolute Gasteiger partial charge is 0.325 e. The highest BCUT2D eigenvalue weighted by molar-refractivity contribution is 5.79. The van der Waals surface area contributed by atoms with Gasteiger partial charge in [0.15, 0.2) is 0 Å². The molecule has 2 atom stereocenters. The minimum Gasteiger partial charge on any atom is -0.480 e. The second-order valence-corrected chi connectivity index (χ2v) is 3.51. The fraction of sp³-hybridized carbons (Fsp3) is 0.273. The van der Waals surface area contributed by atoms with Gasteiger partial charge < -0.3 is 15.9 Å². The molecule has 0 aromatic heterocycles. The molecule has 0 spiro atoms. The van der Waals surface area contributed by atoms with E-state index in [4.69, 9.17) is 10.8 Å². The molecular weight excluding hydrogens is 224 g/mol. The van der Waals surface area contributed by atoms with E-state index in [9.17, 15) is 14.7 Å². The molecule has 0 aliphatic carbocycles. The van der Waals surface area contributed by atoms with Crippen molar-refractivity contribution < 1.29 is 19.8 Å². The predicted octanol–water partition coefficient (Wildman–Crippen LogP) is -0.752. The maximum Gasteiger partial charge on any atom is 0.325 e. The second kappa shape index (κ2) is 5.97. The Morgan fingerprint density at radius 2 is 1.88 bits per heavy atom. The first kappa shape index (κ1) is 13.1. The molecule has 0 aliphatic rings. The van der Waals surface area contributed by atoms with Gasteiger partial charge in [-0.3, -0.25) is 14.9 Å². The highest BCUT2D eigenvalue weighted by Gasteiger charge is 2.21. The van der Waals surface area contributed by atoms with E-state index in [-0.39, 0.29) is 6.54 Å². The lowest BCUT2D eigenvalue weighted by atomic mass is 10.1. The number of rotatable bonds is 6. The molecular formula is C11H14N2O4. The van der Waals surface area contributed by atoms with Gasteiger partial charge in [0.25, 0.3) is 0 Å². The van der Waals surface area contributed by atoms with Gasteiger partial charge in [-0.2, -0.15) is 0 Å². The third-order valence-electron chi connectivity index (χ3n) is 2.22. The Labute approximate surface area is 98.1 Å². The standard InChI is InChI=1S/C11H14N2O4/c12-10(15)8(14)6-13-9(11(16)17)7-4-2-1-3-5-7/h1-5,8-9,13-14H,6H2,(H2,12,15)(H,16,17). The third-order valence-corrected chi connectivity index (χ3v) is 2.22. The number of carboxylic acids is 1. The van der Waals surface area contributed by atoms with Crippen LogP contribution in [0.4, 0.5) is 0 Å². The van der Waals surface area contributed by atoms with E-state index < -0.39 is 24.0 Å². The number of amides is 1. The Kier molecular flexibility index (Phi) is 4.62. The van der Waals surface area contributed by atoms with Crippen LogP contribution < -0.4 is 11.1 Å². The number of hydrogen-bond acceptors (Lipinski definition) is 4. The molecule has 0 fully saturated rings. The maximum absolute atomic E-state index is 11.0. The monoisotopic (exact) mass is 238 g/mol. The number of carbonyl (C=O) groups is 2. The van der Waals surface area contributed by atoms with Crippen molar-refractivity contribution in [3.63, 3.8) is 0 Å². The van der Waals surface area contributed by atoms with Crippen LogP contribution in [0.3, 0.4) is 0 Å². The van der Waals surface area contributed by atoms with Crippen LogP contribution in [0.15, 0.2) is 30.3 Å². The number of carbonyl (C=O) groups excluding carboxylic acids is 1. The third kappa shape index (κ3) is 3.86. The quantitative estimate of drug-likeness (QED) is 0.520. The van der Waals surface area contributed by atoms with E-state index in [2.05, 4.69) is 5.32 Å². The van der Waals surface area contributed by atoms with Crippen LogP contribution in [-0.2, 0) is 9.59 Å². The summed E-state index contributed by atoms with van der Waals surface area (Å²) in [4.78, 5) is 21.6. The Hall–Kier alpha value is -1.92. The lowest BCUT2D eigenvalue weighted by Gasteiger charge is -2.16. The summed E-state index contributed by atoms with van der Waals surface area (Å²) in [6.45, 7) is -0.207. The normalized spacial score (nSPS) is 13.9. The molecule has 6 nitrogen and oxygen atoms in total. The van der Waals surface area contributed by atoms with E-state index >= 15 is 0 Å². The van der Waals surface area contributed by atoms with Crippen molar-refractivity contribution in [3.05, 3.63) is 35.9 Å². The topological polar surface area (TPSA) is 113 Å². The molecule has 0 aliphatic heterocycles. The highest BCUT2D eigenvalue weighted by atomic mass is 16.4. The minimum absolute atomic E-state index is 0.207. The number of primary amides is 1. The first-order valence-corrected chi connectivity index (χ1v) is 5.01. The van der Waals surface area contributed by atoms with Crippen molar-refractivity contribution in [2.45, 2.75) is 12.1 Å². The van der Waals surface area contributed by atoms with Gasteiger partial charge in [0.1, 0.15) is 12.1 Å². The summed E-state index contributed by atoms with van der Waals surface area (Å²) in [5.41, 5.74) is 5.40. The Bertz CT molecular complexity index is 394. The molecule has 1 aromatic carbocycles. The zero-order chi connectivity index (χ0) is 12.8. The van der Waals surface area contributed by atoms with Crippen LogP contribution in [0.5, 0.6) is 0 Å². The van der Waals surface area contributed by atoms with Gasteiger partial charge in [-0.1, -0.05) is 30.3 Å². The fourth-order valence-electron chi connectivity index (χ4n) is 1.32. The van der Waals surface area contributed by atoms with Crippen molar-refractivity contribution in [3.8, 4) is 0 Å². The lowest BCUT2D eigenvalue weighted by molar-refractivity contribution is -0.140. The molecule has 1 aromatic rings. The van der Waals surface area contributed by atoms with Crippen LogP contribution in [0, 0.1) is 0 Å². The zero-order valence-corrected chi connectivity index (χ0v) is 9.04. The number of aliphatic carboxylic acids is 1. The van der Waals surface area contributed by atoms with E-state index in [1.54, 1.807) is 30.3 Å². The molecule has 2 unspecified atom stereocenters. The van der Waals surface area contributed by atoms with Crippen molar-refractivity contribution in [1.82, 2.24) is 5.32 Å². The summed E-state index contributed by atoms with van der Waals surface area (Å²) < 4.78 is 0. The summed E-state index contributed by atoms with van der Waals surface area (Å²) in [5, 5.41) is 20.8. The van der Waals surface area contributed by atoms with Gasteiger partial charge in [-0.15, -0.1) is 0 Å². The Morgan fingerprint density at radius 3 is 2.35 bits per heavy atom. The molecule has 0 bridgehead atoms. The SMILES string of the molecule is NC(=O)C(O)CNC(C(=O)O)c1ccccc1. The number of hydrogen-bond donors (Lipinski definition) is 4. The first-order valence-electron chi connectivity index (χ1n) is 5.01. The number of carboxylic acid groups (broad SMARTS) is 1. The Balaban J connectivity index is 2.69. The van der Waals surface area contributed by atoms with Crippen LogP contribution in [0.25, 0.3) is 0 Å². The molecule has 0 saturated carbocycles. The van der Waals surface area contributed by atoms with Crippen LogP contribution >= 0.6 is 0 Å². The summed E-state index contributed by atoms with van der Waals surface area (Å²) in [5.74, 6) is -1.98. The van der Waals surface area contributed by atoms with Crippen LogP contribution in [-0.4, -0.2) is 34.7 Å². The van der Waals surface area contributed by atoms with Gasteiger partial charge in [0.2, 0.25) is 5.91 Å². The first-order chi connectivity index (χ1) is 8.02. The van der Waals surface area contributed by atoms with E-state index in [0.717, 1.165) is 0 Å². The summed E-state index contributed by atoms with van der Waals surface area (Å²) in [6.07, 6.45) is -1.40. The summed E-state index contributed by atoms with van der Waals surface area (Å²) in [6, 6.07) is 7.48. The van der Waals surface area contributed by atoms with E-state index in [1.165, 1.54) is 0 Å². The van der Waals surface area contributed by atoms with Gasteiger partial charge in [0.05, 0.1) is 0 Å². The summed E-state index contributed by atoms with van der Waals surface area (Å²) in [7, 11) is 0. The van der Waals surface area contributed by atoms with Crippen molar-refractivity contribution >= 4 is 11.9 Å². The molecule has 0 radical (unpaired) electrons. The number of nitrogens with two attached hydrogens (primary N) is 1. The molecule has 5 N–H and O–H groups in total.